The molecule has 2 fully saturated rings. The third kappa shape index (κ3) is 2.64. The molecule has 0 aromatic carbocycles. The van der Waals surface area contributed by atoms with Gasteiger partial charge in [0.15, 0.2) is 0 Å². The van der Waals surface area contributed by atoms with E-state index in [9.17, 15) is 4.79 Å². The molecule has 2 heteroatoms. The molecule has 2 rings (SSSR count). The SMILES string of the molecule is CC1NC(C)C1C1CCC(C(=O)C(C)(C)C)CC1. The predicted molar refractivity (Wildman–Crippen MR) is 75.5 cm³/mol. The maximum absolute atomic E-state index is 12.3. The van der Waals surface area contributed by atoms with Crippen molar-refractivity contribution in [3.05, 3.63) is 0 Å². The van der Waals surface area contributed by atoms with Crippen molar-refractivity contribution in [1.82, 2.24) is 5.32 Å². The summed E-state index contributed by atoms with van der Waals surface area (Å²) >= 11 is 0. The molecule has 0 bridgehead atoms. The first-order valence-electron chi connectivity index (χ1n) is 7.61. The summed E-state index contributed by atoms with van der Waals surface area (Å²) in [6, 6.07) is 1.36. The lowest BCUT2D eigenvalue weighted by Gasteiger charge is -2.49. The second-order valence-electron chi connectivity index (χ2n) is 7.55. The Morgan fingerprint density at radius 3 is 1.89 bits per heavy atom. The Hall–Kier alpha value is -0.370. The van der Waals surface area contributed by atoms with Gasteiger partial charge in [-0.2, -0.15) is 0 Å². The van der Waals surface area contributed by atoms with Gasteiger partial charge >= 0.3 is 0 Å². The molecule has 0 radical (unpaired) electrons. The van der Waals surface area contributed by atoms with Crippen LogP contribution in [-0.2, 0) is 4.79 Å². The van der Waals surface area contributed by atoms with Crippen molar-refractivity contribution < 1.29 is 4.79 Å². The molecule has 1 N–H and O–H groups in total. The van der Waals surface area contributed by atoms with Crippen LogP contribution >= 0.6 is 0 Å². The van der Waals surface area contributed by atoms with E-state index in [1.165, 1.54) is 12.8 Å². The quantitative estimate of drug-likeness (QED) is 0.815. The lowest BCUT2D eigenvalue weighted by molar-refractivity contribution is -0.132. The predicted octanol–water partition coefficient (Wildman–Crippen LogP) is 3.40. The molecule has 1 saturated carbocycles. The third-order valence-electron chi connectivity index (χ3n) is 5.11. The van der Waals surface area contributed by atoms with E-state index in [4.69, 9.17) is 0 Å². The molecular formula is C16H29NO. The van der Waals surface area contributed by atoms with Gasteiger partial charge in [0.25, 0.3) is 0 Å². The van der Waals surface area contributed by atoms with Crippen LogP contribution in [0.1, 0.15) is 60.3 Å². The summed E-state index contributed by atoms with van der Waals surface area (Å²) in [4.78, 5) is 12.3. The molecule has 1 aliphatic heterocycles. The highest BCUT2D eigenvalue weighted by molar-refractivity contribution is 5.85. The van der Waals surface area contributed by atoms with Crippen LogP contribution in [0.4, 0.5) is 0 Å². The van der Waals surface area contributed by atoms with Crippen molar-refractivity contribution in [3.8, 4) is 0 Å². The highest BCUT2D eigenvalue weighted by atomic mass is 16.1. The molecule has 1 heterocycles. The maximum Gasteiger partial charge on any atom is 0.141 e. The minimum absolute atomic E-state index is 0.157. The molecule has 1 aliphatic carbocycles. The average Bonchev–Trinajstić information content (AvgIpc) is 2.27. The largest absolute Gasteiger partial charge is 0.311 e. The van der Waals surface area contributed by atoms with Crippen LogP contribution in [0.3, 0.4) is 0 Å². The number of rotatable bonds is 2. The molecule has 1 saturated heterocycles. The Balaban J connectivity index is 1.87. The Morgan fingerprint density at radius 2 is 1.50 bits per heavy atom. The average molecular weight is 251 g/mol. The summed E-state index contributed by atoms with van der Waals surface area (Å²) in [6.07, 6.45) is 4.76. The Morgan fingerprint density at radius 1 is 1.00 bits per heavy atom. The van der Waals surface area contributed by atoms with Gasteiger partial charge in [0.05, 0.1) is 0 Å². The van der Waals surface area contributed by atoms with E-state index in [0.717, 1.165) is 24.7 Å². The molecule has 0 aromatic heterocycles. The first-order chi connectivity index (χ1) is 8.30. The van der Waals surface area contributed by atoms with E-state index in [-0.39, 0.29) is 5.41 Å². The zero-order valence-corrected chi connectivity index (χ0v) is 12.6. The molecule has 2 aliphatic rings. The number of carbonyl (C=O) groups is 1. The highest BCUT2D eigenvalue weighted by Crippen LogP contribution is 2.41. The molecule has 2 nitrogen and oxygen atoms in total. The summed E-state index contributed by atoms with van der Waals surface area (Å²) < 4.78 is 0. The molecule has 2 atom stereocenters. The van der Waals surface area contributed by atoms with Gasteiger partial charge in [0, 0.05) is 23.4 Å². The lowest BCUT2D eigenvalue weighted by Crippen LogP contribution is -2.61. The van der Waals surface area contributed by atoms with E-state index >= 15 is 0 Å². The second-order valence-corrected chi connectivity index (χ2v) is 7.55. The van der Waals surface area contributed by atoms with E-state index in [1.807, 2.05) is 0 Å². The van der Waals surface area contributed by atoms with E-state index in [2.05, 4.69) is 39.9 Å². The first-order valence-corrected chi connectivity index (χ1v) is 7.61. The fourth-order valence-electron chi connectivity index (χ4n) is 4.15. The standard InChI is InChI=1S/C16H29NO/c1-10-14(11(2)17-10)12-6-8-13(9-7-12)15(18)16(3,4)5/h10-14,17H,6-9H2,1-5H3. The zero-order valence-electron chi connectivity index (χ0n) is 12.6. The van der Waals surface area contributed by atoms with Gasteiger partial charge in [-0.15, -0.1) is 0 Å². The molecule has 0 aromatic rings. The molecule has 2 unspecified atom stereocenters. The summed E-state index contributed by atoms with van der Waals surface area (Å²) in [5.74, 6) is 2.50. The maximum atomic E-state index is 12.3. The number of Topliss-reactive ketones (excluding diaryl/α,β-unsaturated/α-hetero) is 1. The van der Waals surface area contributed by atoms with E-state index in [0.29, 0.717) is 23.8 Å². The van der Waals surface area contributed by atoms with E-state index in [1.54, 1.807) is 0 Å². The van der Waals surface area contributed by atoms with Crippen LogP contribution < -0.4 is 5.32 Å². The lowest BCUT2D eigenvalue weighted by atomic mass is 9.65. The van der Waals surface area contributed by atoms with Crippen LogP contribution in [0, 0.1) is 23.2 Å². The van der Waals surface area contributed by atoms with Crippen molar-refractivity contribution in [2.45, 2.75) is 72.4 Å². The van der Waals surface area contributed by atoms with Crippen LogP contribution in [-0.4, -0.2) is 17.9 Å². The number of ketones is 1. The Kier molecular flexibility index (Phi) is 3.87. The zero-order chi connectivity index (χ0) is 13.5. The van der Waals surface area contributed by atoms with Crippen molar-refractivity contribution >= 4 is 5.78 Å². The summed E-state index contributed by atoms with van der Waals surface area (Å²) in [5.41, 5.74) is -0.157. The fourth-order valence-corrected chi connectivity index (χ4v) is 4.15. The summed E-state index contributed by atoms with van der Waals surface area (Å²) in [7, 11) is 0. The minimum atomic E-state index is -0.157. The van der Waals surface area contributed by atoms with Crippen LogP contribution in [0.5, 0.6) is 0 Å². The van der Waals surface area contributed by atoms with Gasteiger partial charge in [-0.25, -0.2) is 0 Å². The Labute approximate surface area is 112 Å². The van der Waals surface area contributed by atoms with E-state index < -0.39 is 0 Å². The fraction of sp³-hybridized carbons (Fsp3) is 0.938. The molecule has 0 amide bonds. The molecule has 0 spiro atoms. The normalized spacial score (nSPS) is 41.3. The monoisotopic (exact) mass is 251 g/mol. The summed E-state index contributed by atoms with van der Waals surface area (Å²) in [5, 5.41) is 3.54. The highest BCUT2D eigenvalue weighted by Gasteiger charge is 2.42. The van der Waals surface area contributed by atoms with Gasteiger partial charge in [0.1, 0.15) is 5.78 Å². The number of hydrogen-bond donors (Lipinski definition) is 1. The Bertz CT molecular complexity index is 302. The van der Waals surface area contributed by atoms with Crippen molar-refractivity contribution in [1.29, 1.82) is 0 Å². The van der Waals surface area contributed by atoms with Crippen molar-refractivity contribution in [2.24, 2.45) is 23.2 Å². The molecular weight excluding hydrogens is 222 g/mol. The smallest absolute Gasteiger partial charge is 0.141 e. The van der Waals surface area contributed by atoms with Gasteiger partial charge < -0.3 is 5.32 Å². The molecule has 18 heavy (non-hydrogen) atoms. The van der Waals surface area contributed by atoms with Crippen molar-refractivity contribution in [3.63, 3.8) is 0 Å². The van der Waals surface area contributed by atoms with Gasteiger partial charge in [-0.3, -0.25) is 4.79 Å². The van der Waals surface area contributed by atoms with Gasteiger partial charge in [0.2, 0.25) is 0 Å². The molecule has 104 valence electrons. The number of nitrogens with one attached hydrogen (secondary N) is 1. The first kappa shape index (κ1) is 14.0. The summed E-state index contributed by atoms with van der Waals surface area (Å²) in [6.45, 7) is 10.8. The topological polar surface area (TPSA) is 29.1 Å². The number of carbonyl (C=O) groups excluding carboxylic acids is 1. The van der Waals surface area contributed by atoms with Gasteiger partial charge in [-0.05, 0) is 51.4 Å². The minimum Gasteiger partial charge on any atom is -0.311 e. The van der Waals surface area contributed by atoms with Crippen LogP contribution in [0.15, 0.2) is 0 Å². The second kappa shape index (κ2) is 4.96. The van der Waals surface area contributed by atoms with Crippen LogP contribution in [0.25, 0.3) is 0 Å². The van der Waals surface area contributed by atoms with Crippen molar-refractivity contribution in [2.75, 3.05) is 0 Å². The van der Waals surface area contributed by atoms with Crippen LogP contribution in [0.2, 0.25) is 0 Å². The van der Waals surface area contributed by atoms with Gasteiger partial charge in [-0.1, -0.05) is 20.8 Å². The third-order valence-corrected chi connectivity index (χ3v) is 5.11. The number of hydrogen-bond acceptors (Lipinski definition) is 2.